The van der Waals surface area contributed by atoms with Crippen molar-refractivity contribution in [3.63, 3.8) is 0 Å². The molecule has 0 aliphatic heterocycles. The van der Waals surface area contributed by atoms with Gasteiger partial charge in [0.2, 0.25) is 0 Å². The third-order valence-electron chi connectivity index (χ3n) is 3.91. The standard InChI is InChI=1S/C20H27NO2/c1-15(2)9-11-18(21)17-10-12-19(20(13-17)22-3)23-14-16-7-5-4-6-8-16/h4-8,10,12-13,15,18H,9,11,14,21H2,1-3H3/t18-/m1/s1. The van der Waals surface area contributed by atoms with Gasteiger partial charge in [0.1, 0.15) is 6.61 Å². The summed E-state index contributed by atoms with van der Waals surface area (Å²) >= 11 is 0. The zero-order valence-corrected chi connectivity index (χ0v) is 14.3. The van der Waals surface area contributed by atoms with Crippen molar-refractivity contribution in [2.75, 3.05) is 7.11 Å². The summed E-state index contributed by atoms with van der Waals surface area (Å²) in [4.78, 5) is 0. The van der Waals surface area contributed by atoms with Crippen LogP contribution in [0.4, 0.5) is 0 Å². The van der Waals surface area contributed by atoms with Gasteiger partial charge in [-0.3, -0.25) is 0 Å². The number of rotatable bonds is 8. The number of methoxy groups -OCH3 is 1. The van der Waals surface area contributed by atoms with E-state index < -0.39 is 0 Å². The first-order chi connectivity index (χ1) is 11.1. The molecule has 124 valence electrons. The number of hydrogen-bond acceptors (Lipinski definition) is 3. The van der Waals surface area contributed by atoms with Gasteiger partial charge in [0.05, 0.1) is 7.11 Å². The molecule has 0 aliphatic carbocycles. The van der Waals surface area contributed by atoms with E-state index in [1.165, 1.54) is 0 Å². The maximum atomic E-state index is 6.29. The Labute approximate surface area is 139 Å². The van der Waals surface area contributed by atoms with Gasteiger partial charge >= 0.3 is 0 Å². The lowest BCUT2D eigenvalue weighted by Crippen LogP contribution is -2.11. The van der Waals surface area contributed by atoms with Crippen LogP contribution in [0.1, 0.15) is 43.9 Å². The Balaban J connectivity index is 2.04. The fraction of sp³-hybridized carbons (Fsp3) is 0.400. The minimum absolute atomic E-state index is 0.0365. The predicted molar refractivity (Wildman–Crippen MR) is 94.8 cm³/mol. The van der Waals surface area contributed by atoms with Gasteiger partial charge in [0, 0.05) is 6.04 Å². The van der Waals surface area contributed by atoms with Crippen molar-refractivity contribution in [1.82, 2.24) is 0 Å². The highest BCUT2D eigenvalue weighted by Crippen LogP contribution is 2.31. The summed E-state index contributed by atoms with van der Waals surface area (Å²) in [6, 6.07) is 16.1. The second kappa shape index (κ2) is 8.59. The van der Waals surface area contributed by atoms with Gasteiger partial charge in [0.15, 0.2) is 11.5 Å². The minimum Gasteiger partial charge on any atom is -0.493 e. The highest BCUT2D eigenvalue weighted by molar-refractivity contribution is 5.44. The lowest BCUT2D eigenvalue weighted by Gasteiger charge is -2.17. The van der Waals surface area contributed by atoms with E-state index in [2.05, 4.69) is 13.8 Å². The average Bonchev–Trinajstić information content (AvgIpc) is 2.58. The van der Waals surface area contributed by atoms with Crippen molar-refractivity contribution in [2.24, 2.45) is 11.7 Å². The summed E-state index contributed by atoms with van der Waals surface area (Å²) in [5, 5.41) is 0. The molecule has 0 bridgehead atoms. The topological polar surface area (TPSA) is 44.5 Å². The smallest absolute Gasteiger partial charge is 0.161 e. The van der Waals surface area contributed by atoms with Crippen molar-refractivity contribution in [1.29, 1.82) is 0 Å². The fourth-order valence-corrected chi connectivity index (χ4v) is 2.45. The molecule has 2 aromatic carbocycles. The maximum absolute atomic E-state index is 6.29. The normalized spacial score (nSPS) is 12.2. The van der Waals surface area contributed by atoms with Crippen molar-refractivity contribution in [3.05, 3.63) is 59.7 Å². The van der Waals surface area contributed by atoms with Gasteiger partial charge in [-0.1, -0.05) is 50.2 Å². The predicted octanol–water partition coefficient (Wildman–Crippen LogP) is 4.71. The molecule has 0 unspecified atom stereocenters. The summed E-state index contributed by atoms with van der Waals surface area (Å²) in [6.07, 6.45) is 2.10. The van der Waals surface area contributed by atoms with E-state index in [4.69, 9.17) is 15.2 Å². The first-order valence-electron chi connectivity index (χ1n) is 8.20. The highest BCUT2D eigenvalue weighted by atomic mass is 16.5. The summed E-state index contributed by atoms with van der Waals surface area (Å²) in [5.41, 5.74) is 8.51. The Morgan fingerprint density at radius 3 is 2.35 bits per heavy atom. The monoisotopic (exact) mass is 313 g/mol. The van der Waals surface area contributed by atoms with Crippen molar-refractivity contribution in [2.45, 2.75) is 39.3 Å². The van der Waals surface area contributed by atoms with Crippen molar-refractivity contribution in [3.8, 4) is 11.5 Å². The molecule has 0 radical (unpaired) electrons. The summed E-state index contributed by atoms with van der Waals surface area (Å²) in [7, 11) is 1.66. The van der Waals surface area contributed by atoms with Crippen LogP contribution in [0, 0.1) is 5.92 Å². The molecule has 0 fully saturated rings. The van der Waals surface area contributed by atoms with E-state index >= 15 is 0 Å². The number of benzene rings is 2. The average molecular weight is 313 g/mol. The molecular formula is C20H27NO2. The first-order valence-corrected chi connectivity index (χ1v) is 8.20. The van der Waals surface area contributed by atoms with Crippen molar-refractivity contribution < 1.29 is 9.47 Å². The third-order valence-corrected chi connectivity index (χ3v) is 3.91. The van der Waals surface area contributed by atoms with E-state index in [1.54, 1.807) is 7.11 Å². The van der Waals surface area contributed by atoms with Crippen LogP contribution in [0.5, 0.6) is 11.5 Å². The molecule has 0 spiro atoms. The zero-order valence-electron chi connectivity index (χ0n) is 14.3. The quantitative estimate of drug-likeness (QED) is 0.767. The van der Waals surface area contributed by atoms with Crippen LogP contribution in [0.2, 0.25) is 0 Å². The van der Waals surface area contributed by atoms with Crippen LogP contribution in [-0.2, 0) is 6.61 Å². The first kappa shape index (κ1) is 17.4. The molecule has 0 heterocycles. The third kappa shape index (κ3) is 5.29. The highest BCUT2D eigenvalue weighted by Gasteiger charge is 2.12. The second-order valence-electron chi connectivity index (χ2n) is 6.26. The molecular weight excluding hydrogens is 286 g/mol. The largest absolute Gasteiger partial charge is 0.493 e. The van der Waals surface area contributed by atoms with Crippen LogP contribution in [0.15, 0.2) is 48.5 Å². The molecule has 0 amide bonds. The second-order valence-corrected chi connectivity index (χ2v) is 6.26. The molecule has 2 aromatic rings. The van der Waals surface area contributed by atoms with Crippen LogP contribution in [0.3, 0.4) is 0 Å². The van der Waals surface area contributed by atoms with Crippen LogP contribution >= 0.6 is 0 Å². The number of nitrogens with two attached hydrogens (primary N) is 1. The molecule has 0 saturated carbocycles. The Hall–Kier alpha value is -2.00. The van der Waals surface area contributed by atoms with E-state index in [-0.39, 0.29) is 6.04 Å². The minimum atomic E-state index is 0.0365. The number of ether oxygens (including phenoxy) is 2. The lowest BCUT2D eigenvalue weighted by molar-refractivity contribution is 0.284. The lowest BCUT2D eigenvalue weighted by atomic mass is 9.98. The van der Waals surface area contributed by atoms with E-state index in [0.717, 1.165) is 35.5 Å². The fourth-order valence-electron chi connectivity index (χ4n) is 2.45. The van der Waals surface area contributed by atoms with E-state index in [9.17, 15) is 0 Å². The van der Waals surface area contributed by atoms with Gasteiger partial charge < -0.3 is 15.2 Å². The molecule has 23 heavy (non-hydrogen) atoms. The molecule has 3 nitrogen and oxygen atoms in total. The van der Waals surface area contributed by atoms with Crippen LogP contribution in [0.25, 0.3) is 0 Å². The maximum Gasteiger partial charge on any atom is 0.161 e. The number of hydrogen-bond donors (Lipinski definition) is 1. The van der Waals surface area contributed by atoms with Gasteiger partial charge in [-0.25, -0.2) is 0 Å². The Morgan fingerprint density at radius 1 is 0.957 bits per heavy atom. The Bertz CT molecular complexity index is 596. The van der Waals surface area contributed by atoms with E-state index in [0.29, 0.717) is 12.5 Å². The molecule has 3 heteroatoms. The van der Waals surface area contributed by atoms with Gasteiger partial charge in [0.25, 0.3) is 0 Å². The van der Waals surface area contributed by atoms with E-state index in [1.807, 2.05) is 48.5 Å². The van der Waals surface area contributed by atoms with Crippen LogP contribution in [-0.4, -0.2) is 7.11 Å². The Kier molecular flexibility index (Phi) is 6.48. The molecule has 1 atom stereocenters. The SMILES string of the molecule is COc1cc([C@H](N)CCC(C)C)ccc1OCc1ccccc1. The Morgan fingerprint density at radius 2 is 1.70 bits per heavy atom. The molecule has 0 aromatic heterocycles. The summed E-state index contributed by atoms with van der Waals surface area (Å²) < 4.78 is 11.4. The molecule has 2 N–H and O–H groups in total. The van der Waals surface area contributed by atoms with Crippen molar-refractivity contribution >= 4 is 0 Å². The molecule has 2 rings (SSSR count). The van der Waals surface area contributed by atoms with Crippen LogP contribution < -0.4 is 15.2 Å². The van der Waals surface area contributed by atoms with Gasteiger partial charge in [-0.15, -0.1) is 0 Å². The molecule has 0 aliphatic rings. The van der Waals surface area contributed by atoms with Gasteiger partial charge in [-0.05, 0) is 42.0 Å². The summed E-state index contributed by atoms with van der Waals surface area (Å²) in [6.45, 7) is 4.96. The summed E-state index contributed by atoms with van der Waals surface area (Å²) in [5.74, 6) is 2.14. The molecule has 0 saturated heterocycles. The zero-order chi connectivity index (χ0) is 16.7. The van der Waals surface area contributed by atoms with Gasteiger partial charge in [-0.2, -0.15) is 0 Å².